The first-order valence-corrected chi connectivity index (χ1v) is 9.23. The highest BCUT2D eigenvalue weighted by molar-refractivity contribution is 5.89. The van der Waals surface area contributed by atoms with Crippen molar-refractivity contribution in [1.29, 1.82) is 0 Å². The van der Waals surface area contributed by atoms with E-state index >= 15 is 0 Å². The van der Waals surface area contributed by atoms with Crippen molar-refractivity contribution in [2.24, 2.45) is 5.92 Å². The predicted molar refractivity (Wildman–Crippen MR) is 95.6 cm³/mol. The molecule has 1 aliphatic carbocycles. The highest BCUT2D eigenvalue weighted by Crippen LogP contribution is 2.40. The third-order valence-electron chi connectivity index (χ3n) is 5.64. The molecule has 2 amide bonds. The monoisotopic (exact) mass is 342 g/mol. The molecule has 134 valence electrons. The van der Waals surface area contributed by atoms with Crippen molar-refractivity contribution < 1.29 is 4.79 Å². The lowest BCUT2D eigenvalue weighted by atomic mass is 9.94. The number of carbonyl (C=O) groups excluding carboxylic acids is 1. The first-order valence-electron chi connectivity index (χ1n) is 9.23. The Morgan fingerprint density at radius 1 is 1.32 bits per heavy atom. The van der Waals surface area contributed by atoms with E-state index in [9.17, 15) is 4.79 Å². The van der Waals surface area contributed by atoms with Gasteiger partial charge in [-0.1, -0.05) is 0 Å². The number of H-pyrrole nitrogens is 1. The summed E-state index contributed by atoms with van der Waals surface area (Å²) in [4.78, 5) is 14.6. The van der Waals surface area contributed by atoms with Gasteiger partial charge in [-0.3, -0.25) is 10.4 Å². The average molecular weight is 342 g/mol. The molecule has 0 spiro atoms. The highest BCUT2D eigenvalue weighted by Gasteiger charge is 2.32. The number of likely N-dealkylation sites (tertiary alicyclic amines) is 1. The van der Waals surface area contributed by atoms with E-state index in [2.05, 4.69) is 27.5 Å². The van der Waals surface area contributed by atoms with Gasteiger partial charge in [-0.2, -0.15) is 10.2 Å². The molecule has 7 heteroatoms. The van der Waals surface area contributed by atoms with E-state index in [1.807, 2.05) is 28.8 Å². The molecule has 0 radical (unpaired) electrons. The van der Waals surface area contributed by atoms with Crippen LogP contribution >= 0.6 is 0 Å². The van der Waals surface area contributed by atoms with Gasteiger partial charge in [0.05, 0.1) is 12.2 Å². The number of urea groups is 1. The van der Waals surface area contributed by atoms with Crippen LogP contribution in [-0.2, 0) is 0 Å². The number of piperidine rings is 1. The Morgan fingerprint density at radius 3 is 2.72 bits per heavy atom. The van der Waals surface area contributed by atoms with Gasteiger partial charge < -0.3 is 4.90 Å². The van der Waals surface area contributed by atoms with Gasteiger partial charge in [0.1, 0.15) is 5.82 Å². The minimum atomic E-state index is -0.0177. The van der Waals surface area contributed by atoms with Crippen LogP contribution in [0.4, 0.5) is 10.6 Å². The summed E-state index contributed by atoms with van der Waals surface area (Å²) in [5, 5.41) is 14.7. The number of nitrogens with one attached hydrogen (secondary N) is 2. The van der Waals surface area contributed by atoms with Crippen molar-refractivity contribution in [1.82, 2.24) is 24.9 Å². The summed E-state index contributed by atoms with van der Waals surface area (Å²) in [5.74, 6) is 2.01. The van der Waals surface area contributed by atoms with E-state index in [-0.39, 0.29) is 6.03 Å². The van der Waals surface area contributed by atoms with E-state index in [1.54, 1.807) is 6.20 Å². The molecule has 7 nitrogen and oxygen atoms in total. The molecule has 1 aliphatic heterocycles. The summed E-state index contributed by atoms with van der Waals surface area (Å²) in [6.45, 7) is 5.72. The van der Waals surface area contributed by atoms with Crippen LogP contribution in [-0.4, -0.2) is 44.0 Å². The molecule has 0 bridgehead atoms. The van der Waals surface area contributed by atoms with E-state index in [1.165, 1.54) is 18.5 Å². The standard InChI is InChI=1S/C18H26N6O/c1-12-11-20-24(13(2)14-3-4-14)17(12)21-18(25)23-9-6-15(7-10-23)16-5-8-19-22-16/h5,8,11,13-15H,3-4,6-7,9-10H2,1-2H3,(H,19,22)(H,21,25). The number of nitrogens with zero attached hydrogens (tertiary/aromatic N) is 4. The van der Waals surface area contributed by atoms with E-state index in [4.69, 9.17) is 0 Å². The minimum Gasteiger partial charge on any atom is -0.324 e. The lowest BCUT2D eigenvalue weighted by molar-refractivity contribution is 0.193. The van der Waals surface area contributed by atoms with Crippen LogP contribution in [0.2, 0.25) is 0 Å². The number of rotatable bonds is 4. The number of anilines is 1. The van der Waals surface area contributed by atoms with Gasteiger partial charge in [-0.15, -0.1) is 0 Å². The number of aromatic amines is 1. The molecule has 3 heterocycles. The molecule has 2 N–H and O–H groups in total. The van der Waals surface area contributed by atoms with Crippen LogP contribution in [0.5, 0.6) is 0 Å². The van der Waals surface area contributed by atoms with E-state index in [0.29, 0.717) is 17.9 Å². The Balaban J connectivity index is 1.39. The summed E-state index contributed by atoms with van der Waals surface area (Å²) in [6, 6.07) is 2.35. The quantitative estimate of drug-likeness (QED) is 0.895. The zero-order chi connectivity index (χ0) is 17.4. The topological polar surface area (TPSA) is 78.8 Å². The van der Waals surface area contributed by atoms with Crippen LogP contribution in [0.15, 0.2) is 18.5 Å². The number of amides is 2. The van der Waals surface area contributed by atoms with Crippen molar-refractivity contribution in [3.05, 3.63) is 29.7 Å². The van der Waals surface area contributed by atoms with Gasteiger partial charge in [-0.25, -0.2) is 9.48 Å². The fraction of sp³-hybridized carbons (Fsp3) is 0.611. The predicted octanol–water partition coefficient (Wildman–Crippen LogP) is 3.30. The van der Waals surface area contributed by atoms with E-state index < -0.39 is 0 Å². The lowest BCUT2D eigenvalue weighted by Crippen LogP contribution is -2.41. The zero-order valence-corrected chi connectivity index (χ0v) is 14.9. The summed E-state index contributed by atoms with van der Waals surface area (Å²) >= 11 is 0. The van der Waals surface area contributed by atoms with Crippen molar-refractivity contribution in [3.8, 4) is 0 Å². The Labute approximate surface area is 147 Å². The lowest BCUT2D eigenvalue weighted by Gasteiger charge is -2.31. The second-order valence-electron chi connectivity index (χ2n) is 7.40. The van der Waals surface area contributed by atoms with Crippen molar-refractivity contribution in [2.45, 2.75) is 51.5 Å². The number of aryl methyl sites for hydroxylation is 1. The molecule has 1 saturated carbocycles. The molecule has 2 fully saturated rings. The molecular weight excluding hydrogens is 316 g/mol. The van der Waals surface area contributed by atoms with Crippen LogP contribution in [0.25, 0.3) is 0 Å². The Morgan fingerprint density at radius 2 is 2.08 bits per heavy atom. The van der Waals surface area contributed by atoms with Crippen molar-refractivity contribution >= 4 is 11.8 Å². The second-order valence-corrected chi connectivity index (χ2v) is 7.40. The van der Waals surface area contributed by atoms with Crippen molar-refractivity contribution in [2.75, 3.05) is 18.4 Å². The van der Waals surface area contributed by atoms with Gasteiger partial charge in [0, 0.05) is 36.5 Å². The molecule has 2 aromatic rings. The fourth-order valence-electron chi connectivity index (χ4n) is 3.76. The summed E-state index contributed by atoms with van der Waals surface area (Å²) in [7, 11) is 0. The molecule has 2 aliphatic rings. The molecule has 2 aromatic heterocycles. The van der Waals surface area contributed by atoms with Crippen molar-refractivity contribution in [3.63, 3.8) is 0 Å². The molecular formula is C18H26N6O. The SMILES string of the molecule is Cc1cnn(C(C)C2CC2)c1NC(=O)N1CCC(c2ccn[nH]2)CC1. The Hall–Kier alpha value is -2.31. The maximum absolute atomic E-state index is 12.7. The highest BCUT2D eigenvalue weighted by atomic mass is 16.2. The van der Waals surface area contributed by atoms with E-state index in [0.717, 1.165) is 37.3 Å². The largest absolute Gasteiger partial charge is 0.324 e. The zero-order valence-electron chi connectivity index (χ0n) is 14.9. The first kappa shape index (κ1) is 16.2. The third kappa shape index (κ3) is 3.27. The number of hydrogen-bond donors (Lipinski definition) is 2. The van der Waals surface area contributed by atoms with Gasteiger partial charge >= 0.3 is 6.03 Å². The summed E-state index contributed by atoms with van der Waals surface area (Å²) in [6.07, 6.45) is 8.08. The average Bonchev–Trinajstić information content (AvgIpc) is 3.22. The molecule has 0 aromatic carbocycles. The summed E-state index contributed by atoms with van der Waals surface area (Å²) in [5.41, 5.74) is 2.19. The third-order valence-corrected chi connectivity index (χ3v) is 5.64. The normalized spacial score (nSPS) is 19.8. The Bertz CT molecular complexity index is 725. The Kier molecular flexibility index (Phi) is 4.23. The van der Waals surface area contributed by atoms with Crippen LogP contribution in [0.1, 0.15) is 55.8 Å². The van der Waals surface area contributed by atoms with Crippen LogP contribution in [0, 0.1) is 12.8 Å². The van der Waals surface area contributed by atoms with Gasteiger partial charge in [0.15, 0.2) is 0 Å². The van der Waals surface area contributed by atoms with Crippen LogP contribution < -0.4 is 5.32 Å². The molecule has 1 saturated heterocycles. The fourth-order valence-corrected chi connectivity index (χ4v) is 3.76. The minimum absolute atomic E-state index is 0.0177. The molecule has 4 rings (SSSR count). The summed E-state index contributed by atoms with van der Waals surface area (Å²) < 4.78 is 1.99. The maximum Gasteiger partial charge on any atom is 0.323 e. The molecule has 25 heavy (non-hydrogen) atoms. The number of hydrogen-bond acceptors (Lipinski definition) is 3. The van der Waals surface area contributed by atoms with Crippen LogP contribution in [0.3, 0.4) is 0 Å². The maximum atomic E-state index is 12.7. The van der Waals surface area contributed by atoms with Gasteiger partial charge in [-0.05, 0) is 51.5 Å². The second kappa shape index (κ2) is 6.54. The van der Waals surface area contributed by atoms with Gasteiger partial charge in [0.2, 0.25) is 0 Å². The molecule has 1 unspecified atom stereocenters. The van der Waals surface area contributed by atoms with Gasteiger partial charge in [0.25, 0.3) is 0 Å². The number of aromatic nitrogens is 4. The first-order chi connectivity index (χ1) is 12.1. The molecule has 1 atom stereocenters. The smallest absolute Gasteiger partial charge is 0.323 e. The number of carbonyl (C=O) groups is 1.